The van der Waals surface area contributed by atoms with E-state index in [0.29, 0.717) is 11.8 Å². The molecule has 0 spiro atoms. The van der Waals surface area contributed by atoms with E-state index in [1.165, 1.54) is 12.8 Å². The average Bonchev–Trinajstić information content (AvgIpc) is 2.27. The third-order valence-electron chi connectivity index (χ3n) is 4.55. The number of amides is 1. The van der Waals surface area contributed by atoms with Crippen molar-refractivity contribution >= 4 is 5.91 Å². The van der Waals surface area contributed by atoms with E-state index in [9.17, 15) is 4.79 Å². The minimum atomic E-state index is 0.297. The van der Waals surface area contributed by atoms with Crippen molar-refractivity contribution < 1.29 is 4.79 Å². The van der Waals surface area contributed by atoms with Gasteiger partial charge in [0.25, 0.3) is 0 Å². The summed E-state index contributed by atoms with van der Waals surface area (Å²) in [7, 11) is 0. The second kappa shape index (κ2) is 5.38. The van der Waals surface area contributed by atoms with E-state index in [2.05, 4.69) is 30.6 Å². The Labute approximate surface area is 105 Å². The molecule has 0 unspecified atom stereocenters. The summed E-state index contributed by atoms with van der Waals surface area (Å²) in [6.07, 6.45) is 2.40. The van der Waals surface area contributed by atoms with Crippen molar-refractivity contribution in [3.8, 4) is 0 Å². The third kappa shape index (κ3) is 2.82. The molecule has 0 aromatic heterocycles. The van der Waals surface area contributed by atoms with Crippen LogP contribution in [0.5, 0.6) is 0 Å². The second-order valence-corrected chi connectivity index (χ2v) is 5.96. The highest BCUT2D eigenvalue weighted by atomic mass is 16.2. The molecule has 3 heteroatoms. The molecule has 1 amide bonds. The standard InChI is InChI=1S/C14H26N2O/c1-4-15-9-13(10-15)14(17)16-7-5-12(6-8-16)11(2)3/h11-13H,4-10H2,1-3H3. The Morgan fingerprint density at radius 3 is 2.29 bits per heavy atom. The maximum Gasteiger partial charge on any atom is 0.228 e. The quantitative estimate of drug-likeness (QED) is 0.749. The Balaban J connectivity index is 1.75. The van der Waals surface area contributed by atoms with Gasteiger partial charge in [0.1, 0.15) is 0 Å². The minimum absolute atomic E-state index is 0.297. The van der Waals surface area contributed by atoms with Crippen LogP contribution in [0.4, 0.5) is 0 Å². The van der Waals surface area contributed by atoms with Crippen LogP contribution >= 0.6 is 0 Å². The van der Waals surface area contributed by atoms with Crippen LogP contribution < -0.4 is 0 Å². The summed E-state index contributed by atoms with van der Waals surface area (Å²) in [5.41, 5.74) is 0. The Kier molecular flexibility index (Phi) is 4.08. The fourth-order valence-electron chi connectivity index (χ4n) is 3.03. The van der Waals surface area contributed by atoms with E-state index in [-0.39, 0.29) is 0 Å². The van der Waals surface area contributed by atoms with Gasteiger partial charge in [-0.3, -0.25) is 4.79 Å². The fraction of sp³-hybridized carbons (Fsp3) is 0.929. The van der Waals surface area contributed by atoms with Gasteiger partial charge in [-0.25, -0.2) is 0 Å². The number of likely N-dealkylation sites (tertiary alicyclic amines) is 2. The van der Waals surface area contributed by atoms with Gasteiger partial charge < -0.3 is 9.80 Å². The van der Waals surface area contributed by atoms with Crippen LogP contribution in [0.2, 0.25) is 0 Å². The molecule has 2 fully saturated rings. The van der Waals surface area contributed by atoms with Crippen molar-refractivity contribution in [3.63, 3.8) is 0 Å². The Bertz CT molecular complexity index is 263. The highest BCUT2D eigenvalue weighted by Gasteiger charge is 2.35. The lowest BCUT2D eigenvalue weighted by Gasteiger charge is -2.42. The van der Waals surface area contributed by atoms with Crippen LogP contribution in [-0.4, -0.2) is 48.4 Å². The zero-order valence-corrected chi connectivity index (χ0v) is 11.5. The van der Waals surface area contributed by atoms with Crippen molar-refractivity contribution in [1.82, 2.24) is 9.80 Å². The second-order valence-electron chi connectivity index (χ2n) is 5.96. The highest BCUT2D eigenvalue weighted by Crippen LogP contribution is 2.26. The summed E-state index contributed by atoms with van der Waals surface area (Å²) >= 11 is 0. The van der Waals surface area contributed by atoms with Gasteiger partial charge in [0, 0.05) is 26.2 Å². The molecule has 2 aliphatic rings. The first-order chi connectivity index (χ1) is 8.11. The van der Waals surface area contributed by atoms with Gasteiger partial charge in [-0.1, -0.05) is 20.8 Å². The van der Waals surface area contributed by atoms with Crippen molar-refractivity contribution in [2.45, 2.75) is 33.6 Å². The normalized spacial score (nSPS) is 24.1. The Hall–Kier alpha value is -0.570. The van der Waals surface area contributed by atoms with Crippen molar-refractivity contribution in [3.05, 3.63) is 0 Å². The van der Waals surface area contributed by atoms with Gasteiger partial charge in [-0.15, -0.1) is 0 Å². The van der Waals surface area contributed by atoms with Crippen LogP contribution in [-0.2, 0) is 4.79 Å². The predicted molar refractivity (Wildman–Crippen MR) is 69.7 cm³/mol. The molecule has 2 heterocycles. The predicted octanol–water partition coefficient (Wildman–Crippen LogP) is 1.83. The van der Waals surface area contributed by atoms with E-state index in [1.807, 2.05) is 0 Å². The van der Waals surface area contributed by atoms with Gasteiger partial charge in [-0.05, 0) is 31.2 Å². The van der Waals surface area contributed by atoms with Gasteiger partial charge in [-0.2, -0.15) is 0 Å². The Morgan fingerprint density at radius 2 is 1.82 bits per heavy atom. The molecule has 2 aliphatic heterocycles. The van der Waals surface area contributed by atoms with E-state index in [0.717, 1.165) is 44.6 Å². The zero-order chi connectivity index (χ0) is 12.4. The molecule has 98 valence electrons. The summed E-state index contributed by atoms with van der Waals surface area (Å²) in [5.74, 6) is 2.31. The van der Waals surface area contributed by atoms with E-state index in [4.69, 9.17) is 0 Å². The number of hydrogen-bond acceptors (Lipinski definition) is 2. The first-order valence-corrected chi connectivity index (χ1v) is 7.13. The highest BCUT2D eigenvalue weighted by molar-refractivity contribution is 5.80. The lowest BCUT2D eigenvalue weighted by Crippen LogP contribution is -2.55. The number of carbonyl (C=O) groups excluding carboxylic acids is 1. The minimum Gasteiger partial charge on any atom is -0.342 e. The molecule has 0 aromatic rings. The molecule has 3 nitrogen and oxygen atoms in total. The number of hydrogen-bond donors (Lipinski definition) is 0. The summed E-state index contributed by atoms with van der Waals surface area (Å²) in [6.45, 7) is 11.8. The SMILES string of the molecule is CCN1CC(C(=O)N2CCC(C(C)C)CC2)C1. The van der Waals surface area contributed by atoms with Gasteiger partial charge in [0.05, 0.1) is 5.92 Å². The molecule has 0 bridgehead atoms. The van der Waals surface area contributed by atoms with Gasteiger partial charge in [0.15, 0.2) is 0 Å². The van der Waals surface area contributed by atoms with Crippen molar-refractivity contribution in [1.29, 1.82) is 0 Å². The molecule has 0 radical (unpaired) electrons. The monoisotopic (exact) mass is 238 g/mol. The molecule has 0 atom stereocenters. The lowest BCUT2D eigenvalue weighted by molar-refractivity contribution is -0.142. The maximum atomic E-state index is 12.2. The topological polar surface area (TPSA) is 23.6 Å². The Morgan fingerprint density at radius 1 is 1.24 bits per heavy atom. The van der Waals surface area contributed by atoms with Crippen LogP contribution in [0.1, 0.15) is 33.6 Å². The lowest BCUT2D eigenvalue weighted by atomic mass is 9.86. The van der Waals surface area contributed by atoms with E-state index >= 15 is 0 Å². The average molecular weight is 238 g/mol. The smallest absolute Gasteiger partial charge is 0.228 e. The maximum absolute atomic E-state index is 12.2. The van der Waals surface area contributed by atoms with Crippen LogP contribution in [0.25, 0.3) is 0 Å². The fourth-order valence-corrected chi connectivity index (χ4v) is 3.03. The number of nitrogens with zero attached hydrogens (tertiary/aromatic N) is 2. The molecular weight excluding hydrogens is 212 g/mol. The summed E-state index contributed by atoms with van der Waals surface area (Å²) in [4.78, 5) is 16.7. The first kappa shape index (κ1) is 12.9. The summed E-state index contributed by atoms with van der Waals surface area (Å²) < 4.78 is 0. The van der Waals surface area contributed by atoms with Crippen LogP contribution in [0, 0.1) is 17.8 Å². The van der Waals surface area contributed by atoms with Gasteiger partial charge in [0.2, 0.25) is 5.91 Å². The largest absolute Gasteiger partial charge is 0.342 e. The molecular formula is C14H26N2O. The van der Waals surface area contributed by atoms with Gasteiger partial charge >= 0.3 is 0 Å². The first-order valence-electron chi connectivity index (χ1n) is 7.13. The molecule has 0 aromatic carbocycles. The molecule has 17 heavy (non-hydrogen) atoms. The zero-order valence-electron chi connectivity index (χ0n) is 11.5. The van der Waals surface area contributed by atoms with Crippen LogP contribution in [0.3, 0.4) is 0 Å². The summed E-state index contributed by atoms with van der Waals surface area (Å²) in [5, 5.41) is 0. The van der Waals surface area contributed by atoms with E-state index in [1.54, 1.807) is 0 Å². The van der Waals surface area contributed by atoms with Crippen molar-refractivity contribution in [2.24, 2.45) is 17.8 Å². The van der Waals surface area contributed by atoms with Crippen LogP contribution in [0.15, 0.2) is 0 Å². The number of rotatable bonds is 3. The molecule has 0 aliphatic carbocycles. The number of carbonyl (C=O) groups is 1. The molecule has 2 saturated heterocycles. The molecule has 0 N–H and O–H groups in total. The van der Waals surface area contributed by atoms with Crippen molar-refractivity contribution in [2.75, 3.05) is 32.7 Å². The molecule has 0 saturated carbocycles. The number of piperidine rings is 1. The van der Waals surface area contributed by atoms with E-state index < -0.39 is 0 Å². The third-order valence-corrected chi connectivity index (χ3v) is 4.55. The summed E-state index contributed by atoms with van der Waals surface area (Å²) in [6, 6.07) is 0. The molecule has 2 rings (SSSR count).